The van der Waals surface area contributed by atoms with Gasteiger partial charge in [-0.2, -0.15) is 5.10 Å². The molecule has 1 atom stereocenters. The van der Waals surface area contributed by atoms with Gasteiger partial charge < -0.3 is 5.32 Å². The molecule has 1 aromatic carbocycles. The van der Waals surface area contributed by atoms with Gasteiger partial charge in [0.2, 0.25) is 0 Å². The topological polar surface area (TPSA) is 81.1 Å². The van der Waals surface area contributed by atoms with Crippen LogP contribution in [0.25, 0.3) is 0 Å². The fourth-order valence-electron chi connectivity index (χ4n) is 2.81. The van der Waals surface area contributed by atoms with Gasteiger partial charge in [-0.25, -0.2) is 8.42 Å². The maximum Gasteiger partial charge on any atom is 0.259 e. The number of hydrogen-bond acceptors (Lipinski definition) is 4. The van der Waals surface area contributed by atoms with Crippen LogP contribution in [0.3, 0.4) is 0 Å². The van der Waals surface area contributed by atoms with E-state index in [-0.39, 0.29) is 23.5 Å². The van der Waals surface area contributed by atoms with Crippen molar-refractivity contribution in [2.45, 2.75) is 19.4 Å². The molecule has 1 aliphatic heterocycles. The van der Waals surface area contributed by atoms with E-state index < -0.39 is 9.84 Å². The predicted molar refractivity (Wildman–Crippen MR) is 93.7 cm³/mol. The average molecular weight is 388 g/mol. The van der Waals surface area contributed by atoms with Crippen molar-refractivity contribution in [1.82, 2.24) is 9.78 Å². The van der Waals surface area contributed by atoms with Gasteiger partial charge in [0, 0.05) is 21.4 Å². The van der Waals surface area contributed by atoms with Gasteiger partial charge in [-0.3, -0.25) is 9.48 Å². The summed E-state index contributed by atoms with van der Waals surface area (Å²) < 4.78 is 24.9. The number of anilines is 1. The smallest absolute Gasteiger partial charge is 0.259 e. The summed E-state index contributed by atoms with van der Waals surface area (Å²) in [6.07, 6.45) is 1.96. The van der Waals surface area contributed by atoms with Gasteiger partial charge in [-0.05, 0) is 31.5 Å². The second-order valence-corrected chi connectivity index (χ2v) is 8.86. The third-order valence-electron chi connectivity index (χ3n) is 3.96. The van der Waals surface area contributed by atoms with E-state index in [1.54, 1.807) is 29.8 Å². The van der Waals surface area contributed by atoms with Crippen LogP contribution >= 0.6 is 23.2 Å². The summed E-state index contributed by atoms with van der Waals surface area (Å²) >= 11 is 11.8. The molecule has 0 spiro atoms. The van der Waals surface area contributed by atoms with Crippen LogP contribution in [0.15, 0.2) is 24.4 Å². The lowest BCUT2D eigenvalue weighted by Gasteiger charge is -2.11. The van der Waals surface area contributed by atoms with Gasteiger partial charge in [0.1, 0.15) is 0 Å². The lowest BCUT2D eigenvalue weighted by Crippen LogP contribution is -2.16. The number of carbonyl (C=O) groups excluding carboxylic acids is 1. The van der Waals surface area contributed by atoms with Gasteiger partial charge in [0.05, 0.1) is 29.3 Å². The van der Waals surface area contributed by atoms with Crippen molar-refractivity contribution in [2.24, 2.45) is 0 Å². The lowest BCUT2D eigenvalue weighted by molar-refractivity contribution is 0.102. The van der Waals surface area contributed by atoms with Crippen LogP contribution in [-0.4, -0.2) is 35.6 Å². The van der Waals surface area contributed by atoms with Gasteiger partial charge >= 0.3 is 0 Å². The number of rotatable bonds is 3. The first kappa shape index (κ1) is 17.3. The molecule has 2 heterocycles. The molecule has 1 fully saturated rings. The van der Waals surface area contributed by atoms with Crippen molar-refractivity contribution in [1.29, 1.82) is 0 Å². The first-order valence-corrected chi connectivity index (χ1v) is 9.85. The number of benzene rings is 1. The molecular formula is C15H15Cl2N3O3S. The van der Waals surface area contributed by atoms with Crippen LogP contribution in [0.1, 0.15) is 28.5 Å². The molecule has 1 aromatic heterocycles. The fraction of sp³-hybridized carbons (Fsp3) is 0.333. The highest BCUT2D eigenvalue weighted by atomic mass is 35.5. The summed E-state index contributed by atoms with van der Waals surface area (Å²) in [6, 6.07) is 4.53. The molecule has 24 heavy (non-hydrogen) atoms. The molecule has 128 valence electrons. The molecule has 3 rings (SSSR count). The highest BCUT2D eigenvalue weighted by Gasteiger charge is 2.31. The molecule has 0 saturated carbocycles. The Morgan fingerprint density at radius 1 is 1.29 bits per heavy atom. The van der Waals surface area contributed by atoms with Crippen LogP contribution < -0.4 is 5.32 Å². The molecule has 0 bridgehead atoms. The molecule has 6 nitrogen and oxygen atoms in total. The number of sulfone groups is 1. The zero-order chi connectivity index (χ0) is 17.5. The molecule has 1 saturated heterocycles. The zero-order valence-electron chi connectivity index (χ0n) is 12.8. The summed E-state index contributed by atoms with van der Waals surface area (Å²) in [7, 11) is -3.02. The van der Waals surface area contributed by atoms with Crippen molar-refractivity contribution < 1.29 is 13.2 Å². The highest BCUT2D eigenvalue weighted by Crippen LogP contribution is 2.26. The minimum Gasteiger partial charge on any atom is -0.322 e. The molecular weight excluding hydrogens is 373 g/mol. The van der Waals surface area contributed by atoms with Gasteiger partial charge in [-0.15, -0.1) is 0 Å². The van der Waals surface area contributed by atoms with Crippen molar-refractivity contribution >= 4 is 44.6 Å². The van der Waals surface area contributed by atoms with E-state index >= 15 is 0 Å². The second kappa shape index (κ2) is 6.38. The molecule has 2 aromatic rings. The fourth-order valence-corrected chi connectivity index (χ4v) is 5.03. The summed E-state index contributed by atoms with van der Waals surface area (Å²) in [5.74, 6) is -0.141. The molecule has 0 aliphatic carbocycles. The standard InChI is InChI=1S/C15H15Cl2N3O3S/c1-9-14(7-18-20(9)13-2-3-24(22,23)8-13)15(21)19-12-5-10(16)4-11(17)6-12/h4-7,13H,2-3,8H2,1H3,(H,19,21). The van der Waals surface area contributed by atoms with Crippen LogP contribution in [0.5, 0.6) is 0 Å². The number of halogens is 2. The minimum absolute atomic E-state index is 0.0560. The summed E-state index contributed by atoms with van der Waals surface area (Å²) in [5.41, 5.74) is 1.49. The van der Waals surface area contributed by atoms with Crippen molar-refractivity contribution in [3.05, 3.63) is 45.7 Å². The Bertz CT molecular complexity index is 888. The molecule has 9 heteroatoms. The maximum atomic E-state index is 12.4. The molecule has 0 radical (unpaired) electrons. The summed E-state index contributed by atoms with van der Waals surface area (Å²) in [4.78, 5) is 12.4. The van der Waals surface area contributed by atoms with E-state index in [1.165, 1.54) is 6.20 Å². The summed E-state index contributed by atoms with van der Waals surface area (Å²) in [5, 5.41) is 7.76. The van der Waals surface area contributed by atoms with Crippen molar-refractivity contribution in [3.8, 4) is 0 Å². The Morgan fingerprint density at radius 3 is 2.54 bits per heavy atom. The van der Waals surface area contributed by atoms with Crippen LogP contribution in [0, 0.1) is 6.92 Å². The SMILES string of the molecule is Cc1c(C(=O)Nc2cc(Cl)cc(Cl)c2)cnn1C1CCS(=O)(=O)C1. The quantitative estimate of drug-likeness (QED) is 0.876. The Hall–Kier alpha value is -1.57. The number of nitrogens with zero attached hydrogens (tertiary/aromatic N) is 2. The monoisotopic (exact) mass is 387 g/mol. The van der Waals surface area contributed by atoms with E-state index in [0.29, 0.717) is 33.4 Å². The maximum absolute atomic E-state index is 12.4. The highest BCUT2D eigenvalue weighted by molar-refractivity contribution is 7.91. The third kappa shape index (κ3) is 3.58. The van der Waals surface area contributed by atoms with E-state index in [1.807, 2.05) is 0 Å². The van der Waals surface area contributed by atoms with E-state index in [0.717, 1.165) is 0 Å². The largest absolute Gasteiger partial charge is 0.322 e. The lowest BCUT2D eigenvalue weighted by atomic mass is 10.2. The number of aromatic nitrogens is 2. The number of carbonyl (C=O) groups is 1. The zero-order valence-corrected chi connectivity index (χ0v) is 15.1. The van der Waals surface area contributed by atoms with Crippen LogP contribution in [0.4, 0.5) is 5.69 Å². The van der Waals surface area contributed by atoms with E-state index in [4.69, 9.17) is 23.2 Å². The second-order valence-electron chi connectivity index (χ2n) is 5.76. The number of nitrogens with one attached hydrogen (secondary N) is 1. The van der Waals surface area contributed by atoms with E-state index in [9.17, 15) is 13.2 Å². The third-order valence-corrected chi connectivity index (χ3v) is 6.15. The predicted octanol–water partition coefficient (Wildman–Crippen LogP) is 3.11. The molecule has 1 amide bonds. The van der Waals surface area contributed by atoms with Crippen molar-refractivity contribution in [3.63, 3.8) is 0 Å². The van der Waals surface area contributed by atoms with Crippen LogP contribution in [-0.2, 0) is 9.84 Å². The Morgan fingerprint density at radius 2 is 1.96 bits per heavy atom. The minimum atomic E-state index is -3.02. The Balaban J connectivity index is 1.81. The first-order chi connectivity index (χ1) is 11.2. The van der Waals surface area contributed by atoms with Gasteiger partial charge in [0.15, 0.2) is 9.84 Å². The Labute approximate surface area is 149 Å². The van der Waals surface area contributed by atoms with Gasteiger partial charge in [-0.1, -0.05) is 23.2 Å². The molecule has 1 aliphatic rings. The number of amides is 1. The normalized spacial score (nSPS) is 19.4. The first-order valence-electron chi connectivity index (χ1n) is 7.27. The van der Waals surface area contributed by atoms with Crippen molar-refractivity contribution in [2.75, 3.05) is 16.8 Å². The molecule has 1 N–H and O–H groups in total. The van der Waals surface area contributed by atoms with E-state index in [2.05, 4.69) is 10.4 Å². The van der Waals surface area contributed by atoms with Crippen LogP contribution in [0.2, 0.25) is 10.0 Å². The Kier molecular flexibility index (Phi) is 4.59. The number of hydrogen-bond donors (Lipinski definition) is 1. The summed E-state index contributed by atoms with van der Waals surface area (Å²) in [6.45, 7) is 1.75. The average Bonchev–Trinajstić information content (AvgIpc) is 3.00. The molecule has 1 unspecified atom stereocenters. The van der Waals surface area contributed by atoms with Gasteiger partial charge in [0.25, 0.3) is 5.91 Å².